The summed E-state index contributed by atoms with van der Waals surface area (Å²) in [5.74, 6) is 0. The SMILES string of the molecule is Cc1ccccc1-n1cnc2c1CCN(c1cnn(C3CCCCO3)c(=O)c1Cl)C2. The summed E-state index contributed by atoms with van der Waals surface area (Å²) in [7, 11) is 0. The number of para-hydroxylation sites is 1. The van der Waals surface area contributed by atoms with Crippen molar-refractivity contribution < 1.29 is 4.74 Å². The first-order valence-corrected chi connectivity index (χ1v) is 10.8. The molecule has 2 aliphatic rings. The van der Waals surface area contributed by atoms with E-state index in [9.17, 15) is 4.79 Å². The van der Waals surface area contributed by atoms with Crippen LogP contribution in [0.4, 0.5) is 5.69 Å². The average molecular weight is 426 g/mol. The minimum Gasteiger partial charge on any atom is -0.362 e. The van der Waals surface area contributed by atoms with Crippen LogP contribution in [0.2, 0.25) is 5.02 Å². The van der Waals surface area contributed by atoms with E-state index < -0.39 is 0 Å². The van der Waals surface area contributed by atoms with E-state index in [0.717, 1.165) is 43.6 Å². The van der Waals surface area contributed by atoms with Gasteiger partial charge in [-0.05, 0) is 37.8 Å². The predicted octanol–water partition coefficient (Wildman–Crippen LogP) is 3.65. The third-order valence-electron chi connectivity index (χ3n) is 5.98. The highest BCUT2D eigenvalue weighted by Crippen LogP contribution is 2.30. The maximum atomic E-state index is 12.8. The Bertz CT molecular complexity index is 1130. The van der Waals surface area contributed by atoms with Crippen LogP contribution in [0.15, 0.2) is 41.6 Å². The summed E-state index contributed by atoms with van der Waals surface area (Å²) in [5, 5.41) is 4.58. The smallest absolute Gasteiger partial charge is 0.290 e. The zero-order chi connectivity index (χ0) is 20.7. The molecule has 0 bridgehead atoms. The fourth-order valence-corrected chi connectivity index (χ4v) is 4.59. The number of rotatable bonds is 3. The molecule has 0 amide bonds. The van der Waals surface area contributed by atoms with E-state index in [0.29, 0.717) is 18.8 Å². The second-order valence-electron chi connectivity index (χ2n) is 7.88. The third-order valence-corrected chi connectivity index (χ3v) is 6.34. The predicted molar refractivity (Wildman–Crippen MR) is 115 cm³/mol. The summed E-state index contributed by atoms with van der Waals surface area (Å²) in [6, 6.07) is 8.30. The van der Waals surface area contributed by atoms with E-state index in [2.05, 4.69) is 38.6 Å². The number of nitrogens with zero attached hydrogens (tertiary/aromatic N) is 5. The van der Waals surface area contributed by atoms with Gasteiger partial charge < -0.3 is 14.2 Å². The normalized spacial score (nSPS) is 19.0. The van der Waals surface area contributed by atoms with E-state index in [-0.39, 0.29) is 16.8 Å². The second-order valence-corrected chi connectivity index (χ2v) is 8.26. The molecule has 156 valence electrons. The molecule has 30 heavy (non-hydrogen) atoms. The molecule has 0 spiro atoms. The van der Waals surface area contributed by atoms with Crippen LogP contribution in [0.1, 0.15) is 42.4 Å². The van der Waals surface area contributed by atoms with Crippen LogP contribution >= 0.6 is 11.6 Å². The van der Waals surface area contributed by atoms with Crippen molar-refractivity contribution in [1.82, 2.24) is 19.3 Å². The lowest BCUT2D eigenvalue weighted by Crippen LogP contribution is -2.36. The average Bonchev–Trinajstić information content (AvgIpc) is 3.19. The molecule has 2 aromatic heterocycles. The van der Waals surface area contributed by atoms with Gasteiger partial charge >= 0.3 is 0 Å². The molecule has 0 aliphatic carbocycles. The number of benzene rings is 1. The number of halogens is 1. The quantitative estimate of drug-likeness (QED) is 0.640. The van der Waals surface area contributed by atoms with E-state index in [1.807, 2.05) is 18.5 Å². The summed E-state index contributed by atoms with van der Waals surface area (Å²) < 4.78 is 9.25. The first-order chi connectivity index (χ1) is 14.6. The highest BCUT2D eigenvalue weighted by Gasteiger charge is 2.26. The van der Waals surface area contributed by atoms with Gasteiger partial charge in [0.05, 0.1) is 30.5 Å². The van der Waals surface area contributed by atoms with Gasteiger partial charge in [-0.2, -0.15) is 9.78 Å². The molecule has 3 aromatic rings. The van der Waals surface area contributed by atoms with E-state index in [1.165, 1.54) is 15.9 Å². The molecule has 1 aromatic carbocycles. The Morgan fingerprint density at radius 1 is 1.20 bits per heavy atom. The number of aromatic nitrogens is 4. The molecule has 1 fully saturated rings. The van der Waals surface area contributed by atoms with Gasteiger partial charge in [0, 0.05) is 31.0 Å². The Morgan fingerprint density at radius 2 is 2.07 bits per heavy atom. The van der Waals surface area contributed by atoms with Gasteiger partial charge in [0.15, 0.2) is 6.23 Å². The molecular formula is C22H24ClN5O2. The van der Waals surface area contributed by atoms with Crippen molar-refractivity contribution in [3.63, 3.8) is 0 Å². The summed E-state index contributed by atoms with van der Waals surface area (Å²) in [5.41, 5.74) is 4.92. The lowest BCUT2D eigenvalue weighted by molar-refractivity contribution is -0.0424. The van der Waals surface area contributed by atoms with Gasteiger partial charge in [-0.1, -0.05) is 29.8 Å². The van der Waals surface area contributed by atoms with Gasteiger partial charge in [-0.3, -0.25) is 4.79 Å². The van der Waals surface area contributed by atoms with Crippen LogP contribution in [0.5, 0.6) is 0 Å². The van der Waals surface area contributed by atoms with Gasteiger partial charge in [0.2, 0.25) is 0 Å². The van der Waals surface area contributed by atoms with Gasteiger partial charge in [-0.25, -0.2) is 4.98 Å². The largest absolute Gasteiger partial charge is 0.362 e. The van der Waals surface area contributed by atoms with Gasteiger partial charge in [0.1, 0.15) is 5.02 Å². The topological polar surface area (TPSA) is 65.2 Å². The van der Waals surface area contributed by atoms with Crippen LogP contribution in [0, 0.1) is 6.92 Å². The summed E-state index contributed by atoms with van der Waals surface area (Å²) in [4.78, 5) is 19.6. The van der Waals surface area contributed by atoms with Crippen LogP contribution in [0.3, 0.4) is 0 Å². The van der Waals surface area contributed by atoms with Gasteiger partial charge in [-0.15, -0.1) is 0 Å². The number of ether oxygens (including phenoxy) is 1. The second kappa shape index (κ2) is 7.89. The monoisotopic (exact) mass is 425 g/mol. The Labute approximate surface area is 179 Å². The minimum absolute atomic E-state index is 0.195. The summed E-state index contributed by atoms with van der Waals surface area (Å²) in [6.45, 7) is 4.10. The lowest BCUT2D eigenvalue weighted by atomic mass is 10.1. The molecule has 4 heterocycles. The Balaban J connectivity index is 1.42. The van der Waals surface area contributed by atoms with Crippen molar-refractivity contribution >= 4 is 17.3 Å². The molecule has 7 nitrogen and oxygen atoms in total. The molecule has 0 N–H and O–H groups in total. The molecule has 1 saturated heterocycles. The van der Waals surface area contributed by atoms with Crippen molar-refractivity contribution in [2.75, 3.05) is 18.1 Å². The third kappa shape index (κ3) is 3.32. The van der Waals surface area contributed by atoms with E-state index >= 15 is 0 Å². The van der Waals surface area contributed by atoms with Crippen molar-refractivity contribution in [1.29, 1.82) is 0 Å². The lowest BCUT2D eigenvalue weighted by Gasteiger charge is -2.30. The Morgan fingerprint density at radius 3 is 2.87 bits per heavy atom. The number of fused-ring (bicyclic) bond motifs is 1. The summed E-state index contributed by atoms with van der Waals surface area (Å²) in [6.07, 6.45) is 6.88. The van der Waals surface area contributed by atoms with Crippen LogP contribution in [0.25, 0.3) is 5.69 Å². The van der Waals surface area contributed by atoms with Crippen molar-refractivity contribution in [3.8, 4) is 5.69 Å². The highest BCUT2D eigenvalue weighted by atomic mass is 35.5. The fraction of sp³-hybridized carbons (Fsp3) is 0.409. The Hall–Kier alpha value is -2.64. The number of anilines is 1. The van der Waals surface area contributed by atoms with Crippen LogP contribution < -0.4 is 10.5 Å². The molecular weight excluding hydrogens is 402 g/mol. The Kier molecular flexibility index (Phi) is 5.08. The van der Waals surface area contributed by atoms with Crippen molar-refractivity contribution in [2.45, 2.75) is 45.4 Å². The number of hydrogen-bond acceptors (Lipinski definition) is 5. The molecule has 1 atom stereocenters. The number of hydrogen-bond donors (Lipinski definition) is 0. The molecule has 2 aliphatic heterocycles. The van der Waals surface area contributed by atoms with Crippen LogP contribution in [-0.2, 0) is 17.7 Å². The molecule has 1 unspecified atom stereocenters. The molecule has 0 radical (unpaired) electrons. The minimum atomic E-state index is -0.324. The van der Waals surface area contributed by atoms with Crippen molar-refractivity contribution in [2.24, 2.45) is 0 Å². The zero-order valence-corrected chi connectivity index (χ0v) is 17.7. The number of imidazole rings is 1. The summed E-state index contributed by atoms with van der Waals surface area (Å²) >= 11 is 6.50. The molecule has 8 heteroatoms. The highest BCUT2D eigenvalue weighted by molar-refractivity contribution is 6.33. The number of aryl methyl sites for hydroxylation is 1. The first-order valence-electron chi connectivity index (χ1n) is 10.4. The molecule has 0 saturated carbocycles. The van der Waals surface area contributed by atoms with Crippen molar-refractivity contribution in [3.05, 3.63) is 69.1 Å². The van der Waals surface area contributed by atoms with E-state index in [1.54, 1.807) is 6.20 Å². The molecule has 5 rings (SSSR count). The van der Waals surface area contributed by atoms with Gasteiger partial charge in [0.25, 0.3) is 5.56 Å². The van der Waals surface area contributed by atoms with E-state index in [4.69, 9.17) is 16.3 Å². The maximum absolute atomic E-state index is 12.8. The maximum Gasteiger partial charge on any atom is 0.290 e. The first kappa shape index (κ1) is 19.3. The zero-order valence-electron chi connectivity index (χ0n) is 16.9. The standard InChI is InChI=1S/C22H24ClN5O2/c1-15-6-2-3-7-17(15)27-14-24-16-13-26(10-9-18(16)27)19-12-25-28(22(29)21(19)23)20-8-4-5-11-30-20/h2-3,6-7,12,14,20H,4-5,8-11,13H2,1H3. The van der Waals surface area contributed by atoms with Crippen LogP contribution in [-0.4, -0.2) is 32.5 Å². The fourth-order valence-electron chi connectivity index (χ4n) is 4.33.